The van der Waals surface area contributed by atoms with E-state index in [1.807, 2.05) is 9.80 Å². The predicted octanol–water partition coefficient (Wildman–Crippen LogP) is 3.25. The summed E-state index contributed by atoms with van der Waals surface area (Å²) in [5, 5.41) is 15.0. The van der Waals surface area contributed by atoms with Crippen LogP contribution in [0.4, 0.5) is 0 Å². The Labute approximate surface area is 205 Å². The summed E-state index contributed by atoms with van der Waals surface area (Å²) in [5.41, 5.74) is 3.91. The van der Waals surface area contributed by atoms with Crippen molar-refractivity contribution in [2.24, 2.45) is 11.8 Å². The Kier molecular flexibility index (Phi) is 4.73. The van der Waals surface area contributed by atoms with Crippen LogP contribution in [0.5, 0.6) is 0 Å². The van der Waals surface area contributed by atoms with E-state index in [-0.39, 0.29) is 23.9 Å². The molecule has 180 valence electrons. The van der Waals surface area contributed by atoms with Gasteiger partial charge in [0.2, 0.25) is 0 Å². The van der Waals surface area contributed by atoms with Crippen LogP contribution in [0.15, 0.2) is 70.0 Å². The molecule has 4 aromatic rings. The van der Waals surface area contributed by atoms with Gasteiger partial charge in [-0.15, -0.1) is 0 Å². The molecule has 2 aliphatic carbocycles. The number of likely N-dealkylation sites (tertiary alicyclic amines) is 2. The number of hydrogen-bond donors (Lipinski definition) is 0. The Bertz CT molecular complexity index is 1440. The predicted molar refractivity (Wildman–Crippen MR) is 128 cm³/mol. The molecule has 0 saturated carbocycles. The first kappa shape index (κ1) is 21.0. The van der Waals surface area contributed by atoms with Gasteiger partial charge in [-0.1, -0.05) is 24.3 Å². The molecule has 8 rings (SSSR count). The van der Waals surface area contributed by atoms with Gasteiger partial charge in [0.1, 0.15) is 22.1 Å². The van der Waals surface area contributed by atoms with Crippen LogP contribution in [0.3, 0.4) is 0 Å². The third-order valence-electron chi connectivity index (χ3n) is 7.49. The van der Waals surface area contributed by atoms with Crippen LogP contribution in [0, 0.1) is 11.8 Å². The number of hydrogen-bond acceptors (Lipinski definition) is 8. The van der Waals surface area contributed by atoms with Crippen molar-refractivity contribution in [3.63, 3.8) is 0 Å². The van der Waals surface area contributed by atoms with E-state index < -0.39 is 0 Å². The number of benzene rings is 2. The van der Waals surface area contributed by atoms with Crippen molar-refractivity contribution in [1.82, 2.24) is 30.4 Å². The quantitative estimate of drug-likeness (QED) is 0.400. The first-order valence-electron chi connectivity index (χ1n) is 12.1. The van der Waals surface area contributed by atoms with Gasteiger partial charge in [-0.05, 0) is 81.7 Å². The minimum atomic E-state index is 0.0664. The van der Waals surface area contributed by atoms with Gasteiger partial charge in [0.25, 0.3) is 11.8 Å². The monoisotopic (exact) mass is 482 g/mol. The maximum absolute atomic E-state index is 12.4. The van der Waals surface area contributed by atoms with Crippen molar-refractivity contribution >= 4 is 33.9 Å². The summed E-state index contributed by atoms with van der Waals surface area (Å²) in [5.74, 6) is 1.21. The van der Waals surface area contributed by atoms with Crippen LogP contribution in [0.25, 0.3) is 22.1 Å². The lowest BCUT2D eigenvalue weighted by molar-refractivity contribution is 0.0746. The highest BCUT2D eigenvalue weighted by atomic mass is 16.6. The Balaban J connectivity index is 0.000000122. The Morgan fingerprint density at radius 3 is 1.47 bits per heavy atom. The third kappa shape index (κ3) is 3.48. The molecule has 2 aromatic heterocycles. The Morgan fingerprint density at radius 2 is 1.08 bits per heavy atom. The van der Waals surface area contributed by atoms with Gasteiger partial charge in [0.15, 0.2) is 0 Å². The largest absolute Gasteiger partial charge is 0.332 e. The molecule has 2 amide bonds. The Morgan fingerprint density at radius 1 is 0.639 bits per heavy atom. The van der Waals surface area contributed by atoms with Gasteiger partial charge in [0, 0.05) is 24.2 Å². The lowest BCUT2D eigenvalue weighted by atomic mass is 10.1. The maximum atomic E-state index is 12.4. The fraction of sp³-hybridized carbons (Fsp3) is 0.308. The molecule has 4 unspecified atom stereocenters. The summed E-state index contributed by atoms with van der Waals surface area (Å²) in [6.07, 6.45) is 10.8. The number of rotatable bonds is 2. The molecule has 10 nitrogen and oxygen atoms in total. The second kappa shape index (κ2) is 8.11. The zero-order valence-electron chi connectivity index (χ0n) is 19.2. The van der Waals surface area contributed by atoms with Gasteiger partial charge < -0.3 is 9.80 Å². The summed E-state index contributed by atoms with van der Waals surface area (Å²) in [6, 6.07) is 11.1. The first-order chi connectivity index (χ1) is 17.6. The number of nitrogens with zero attached hydrogens (tertiary/aromatic N) is 6. The highest BCUT2D eigenvalue weighted by molar-refractivity contribution is 5.98. The number of aromatic nitrogens is 4. The van der Waals surface area contributed by atoms with Crippen LogP contribution in [-0.4, -0.2) is 67.4 Å². The fourth-order valence-electron chi connectivity index (χ4n) is 5.64. The number of carbonyl (C=O) groups excluding carboxylic acids is 2. The standard InChI is InChI=1S/2C13H11N3O2/c2*17-13(16-7-8-1-3-10(16)5-8)9-2-4-11-12(6-9)15-18-14-11/h2*1-4,6,8,10H,5,7H2. The molecular formula is C26H22N6O4. The first-order valence-corrected chi connectivity index (χ1v) is 12.1. The molecule has 2 fully saturated rings. The SMILES string of the molecule is O=C(c1ccc2nonc2c1)N1CC2C=CC1C2.O=C(c1ccc2nonc2c1)N1CC2C=CC1C2. The molecule has 2 saturated heterocycles. The average Bonchev–Trinajstić information content (AvgIpc) is 3.75. The van der Waals surface area contributed by atoms with E-state index in [0.29, 0.717) is 45.0 Å². The van der Waals surface area contributed by atoms with Crippen molar-refractivity contribution in [3.05, 3.63) is 71.8 Å². The van der Waals surface area contributed by atoms with E-state index in [1.54, 1.807) is 36.4 Å². The molecule has 4 atom stereocenters. The zero-order valence-corrected chi connectivity index (χ0v) is 19.2. The van der Waals surface area contributed by atoms with Crippen molar-refractivity contribution in [2.45, 2.75) is 24.9 Å². The lowest BCUT2D eigenvalue weighted by Crippen LogP contribution is -2.35. The number of carbonyl (C=O) groups is 2. The van der Waals surface area contributed by atoms with Gasteiger partial charge in [-0.2, -0.15) is 0 Å². The van der Waals surface area contributed by atoms with E-state index in [2.05, 4.69) is 54.2 Å². The summed E-state index contributed by atoms with van der Waals surface area (Å²) in [6.45, 7) is 1.66. The second-order valence-electron chi connectivity index (χ2n) is 9.75. The Hall–Kier alpha value is -4.34. The zero-order chi connectivity index (χ0) is 24.2. The molecule has 0 N–H and O–H groups in total. The summed E-state index contributed by atoms with van der Waals surface area (Å²) in [7, 11) is 0. The van der Waals surface area contributed by atoms with E-state index >= 15 is 0 Å². The van der Waals surface area contributed by atoms with Gasteiger partial charge >= 0.3 is 0 Å². The van der Waals surface area contributed by atoms with Crippen LogP contribution < -0.4 is 0 Å². The number of amides is 2. The molecule has 4 heterocycles. The summed E-state index contributed by atoms with van der Waals surface area (Å²) in [4.78, 5) is 28.7. The third-order valence-corrected chi connectivity index (χ3v) is 7.49. The minimum absolute atomic E-state index is 0.0664. The maximum Gasteiger partial charge on any atom is 0.254 e. The summed E-state index contributed by atoms with van der Waals surface area (Å²) < 4.78 is 9.28. The van der Waals surface area contributed by atoms with E-state index in [0.717, 1.165) is 25.9 Å². The van der Waals surface area contributed by atoms with E-state index in [4.69, 9.17) is 0 Å². The molecule has 2 aliphatic heterocycles. The van der Waals surface area contributed by atoms with Crippen LogP contribution in [0.1, 0.15) is 33.6 Å². The van der Waals surface area contributed by atoms with Crippen molar-refractivity contribution in [1.29, 1.82) is 0 Å². The van der Waals surface area contributed by atoms with E-state index in [1.165, 1.54) is 0 Å². The van der Waals surface area contributed by atoms with Gasteiger partial charge in [-0.3, -0.25) is 9.59 Å². The van der Waals surface area contributed by atoms with Gasteiger partial charge in [0.05, 0.1) is 12.1 Å². The topological polar surface area (TPSA) is 118 Å². The molecule has 4 bridgehead atoms. The highest BCUT2D eigenvalue weighted by Gasteiger charge is 2.37. The van der Waals surface area contributed by atoms with Crippen molar-refractivity contribution in [3.8, 4) is 0 Å². The second-order valence-corrected chi connectivity index (χ2v) is 9.75. The highest BCUT2D eigenvalue weighted by Crippen LogP contribution is 2.33. The molecular weight excluding hydrogens is 460 g/mol. The fourth-order valence-corrected chi connectivity index (χ4v) is 5.64. The lowest BCUT2D eigenvalue weighted by Gasteiger charge is -2.23. The molecule has 10 heteroatoms. The van der Waals surface area contributed by atoms with Crippen molar-refractivity contribution < 1.29 is 18.8 Å². The molecule has 36 heavy (non-hydrogen) atoms. The number of fused-ring (bicyclic) bond motifs is 6. The summed E-state index contributed by atoms with van der Waals surface area (Å²) >= 11 is 0. The molecule has 4 aliphatic rings. The smallest absolute Gasteiger partial charge is 0.254 e. The molecule has 0 radical (unpaired) electrons. The van der Waals surface area contributed by atoms with Crippen LogP contribution in [-0.2, 0) is 0 Å². The minimum Gasteiger partial charge on any atom is -0.332 e. The molecule has 2 aromatic carbocycles. The van der Waals surface area contributed by atoms with Gasteiger partial charge in [-0.25, -0.2) is 9.26 Å². The van der Waals surface area contributed by atoms with Crippen molar-refractivity contribution in [2.75, 3.05) is 13.1 Å². The van der Waals surface area contributed by atoms with Crippen LogP contribution >= 0.6 is 0 Å². The van der Waals surface area contributed by atoms with E-state index in [9.17, 15) is 9.59 Å². The average molecular weight is 483 g/mol. The normalized spacial score (nSPS) is 25.2. The molecule has 0 spiro atoms. The van der Waals surface area contributed by atoms with Crippen LogP contribution in [0.2, 0.25) is 0 Å².